The molecule has 0 aromatic carbocycles. The lowest BCUT2D eigenvalue weighted by Gasteiger charge is -1.98. The van der Waals surface area contributed by atoms with Crippen LogP contribution in [-0.2, 0) is 0 Å². The average Bonchev–Trinajstić information content (AvgIpc) is 2.59. The molecular formula is C10H9FN2O. The van der Waals surface area contributed by atoms with Gasteiger partial charge in [-0.15, -0.1) is 0 Å². The van der Waals surface area contributed by atoms with E-state index in [2.05, 4.69) is 4.98 Å². The molecule has 2 aromatic heterocycles. The summed E-state index contributed by atoms with van der Waals surface area (Å²) in [6.07, 6.45) is 3.14. The van der Waals surface area contributed by atoms with Crippen molar-refractivity contribution in [3.05, 3.63) is 36.0 Å². The second-order valence-corrected chi connectivity index (χ2v) is 3.00. The van der Waals surface area contributed by atoms with Crippen molar-refractivity contribution < 1.29 is 9.18 Å². The quantitative estimate of drug-likeness (QED) is 0.682. The number of fused-ring (bicyclic) bond motifs is 1. The number of halogens is 1. The number of carbonyl (C=O) groups is 1. The SMILES string of the molecule is CCC(=O)c1cnc2ccc(F)cn12. The van der Waals surface area contributed by atoms with Crippen LogP contribution >= 0.6 is 0 Å². The molecule has 0 amide bonds. The van der Waals surface area contributed by atoms with Crippen LogP contribution < -0.4 is 0 Å². The number of carbonyl (C=O) groups excluding carboxylic acids is 1. The summed E-state index contributed by atoms with van der Waals surface area (Å²) in [4.78, 5) is 15.4. The molecule has 72 valence electrons. The van der Waals surface area contributed by atoms with E-state index in [9.17, 15) is 9.18 Å². The van der Waals surface area contributed by atoms with Crippen LogP contribution in [0.15, 0.2) is 24.5 Å². The third kappa shape index (κ3) is 1.28. The molecule has 2 rings (SSSR count). The van der Waals surface area contributed by atoms with E-state index in [1.807, 2.05) is 0 Å². The Balaban J connectivity index is 2.67. The maximum Gasteiger partial charge on any atom is 0.180 e. The summed E-state index contributed by atoms with van der Waals surface area (Å²) in [5.41, 5.74) is 1.02. The standard InChI is InChI=1S/C10H9FN2O/c1-2-9(14)8-5-12-10-4-3-7(11)6-13(8)10/h3-6H,2H2,1H3. The molecule has 2 aromatic rings. The molecule has 14 heavy (non-hydrogen) atoms. The molecule has 0 spiro atoms. The first kappa shape index (κ1) is 8.87. The minimum atomic E-state index is -0.374. The highest BCUT2D eigenvalue weighted by atomic mass is 19.1. The van der Waals surface area contributed by atoms with Crippen LogP contribution in [0, 0.1) is 5.82 Å². The number of pyridine rings is 1. The van der Waals surface area contributed by atoms with Crippen molar-refractivity contribution in [2.24, 2.45) is 0 Å². The van der Waals surface area contributed by atoms with Gasteiger partial charge in [-0.05, 0) is 12.1 Å². The number of rotatable bonds is 2. The fraction of sp³-hybridized carbons (Fsp3) is 0.200. The summed E-state index contributed by atoms with van der Waals surface area (Å²) >= 11 is 0. The Morgan fingerprint density at radius 1 is 1.57 bits per heavy atom. The summed E-state index contributed by atoms with van der Waals surface area (Å²) in [6.45, 7) is 1.76. The molecular weight excluding hydrogens is 183 g/mol. The van der Waals surface area contributed by atoms with Crippen molar-refractivity contribution in [3.63, 3.8) is 0 Å². The maximum atomic E-state index is 12.9. The average molecular weight is 192 g/mol. The van der Waals surface area contributed by atoms with Gasteiger partial charge in [0.1, 0.15) is 17.2 Å². The minimum Gasteiger partial charge on any atom is -0.294 e. The molecule has 0 atom stereocenters. The number of ketones is 1. The zero-order chi connectivity index (χ0) is 10.1. The van der Waals surface area contributed by atoms with E-state index in [-0.39, 0.29) is 11.6 Å². The van der Waals surface area contributed by atoms with E-state index in [0.717, 1.165) is 0 Å². The summed E-state index contributed by atoms with van der Waals surface area (Å²) in [7, 11) is 0. The van der Waals surface area contributed by atoms with Crippen LogP contribution in [0.5, 0.6) is 0 Å². The van der Waals surface area contributed by atoms with E-state index >= 15 is 0 Å². The van der Waals surface area contributed by atoms with Gasteiger partial charge in [-0.25, -0.2) is 9.37 Å². The molecule has 0 aliphatic carbocycles. The second kappa shape index (κ2) is 3.21. The van der Waals surface area contributed by atoms with Crippen LogP contribution in [-0.4, -0.2) is 15.2 Å². The lowest BCUT2D eigenvalue weighted by atomic mass is 10.2. The zero-order valence-corrected chi connectivity index (χ0v) is 7.70. The van der Waals surface area contributed by atoms with Gasteiger partial charge in [-0.3, -0.25) is 9.20 Å². The van der Waals surface area contributed by atoms with Crippen LogP contribution in [0.1, 0.15) is 23.8 Å². The van der Waals surface area contributed by atoms with E-state index in [1.54, 1.807) is 13.0 Å². The Hall–Kier alpha value is -1.71. The minimum absolute atomic E-state index is 0.0388. The molecule has 4 heteroatoms. The Morgan fingerprint density at radius 2 is 2.36 bits per heavy atom. The zero-order valence-electron chi connectivity index (χ0n) is 7.70. The number of hydrogen-bond acceptors (Lipinski definition) is 2. The molecule has 0 fully saturated rings. The van der Waals surface area contributed by atoms with Gasteiger partial charge >= 0.3 is 0 Å². The number of hydrogen-bond donors (Lipinski definition) is 0. The van der Waals surface area contributed by atoms with Gasteiger partial charge in [0, 0.05) is 12.6 Å². The lowest BCUT2D eigenvalue weighted by molar-refractivity contribution is 0.0982. The monoisotopic (exact) mass is 192 g/mol. The van der Waals surface area contributed by atoms with Crippen molar-refractivity contribution >= 4 is 11.4 Å². The first-order valence-electron chi connectivity index (χ1n) is 4.38. The third-order valence-electron chi connectivity index (χ3n) is 2.08. The van der Waals surface area contributed by atoms with Gasteiger partial charge in [-0.2, -0.15) is 0 Å². The molecule has 0 saturated carbocycles. The third-order valence-corrected chi connectivity index (χ3v) is 2.08. The van der Waals surface area contributed by atoms with Gasteiger partial charge in [0.25, 0.3) is 0 Å². The highest BCUT2D eigenvalue weighted by Gasteiger charge is 2.09. The molecule has 0 bridgehead atoms. The Bertz CT molecular complexity index is 490. The lowest BCUT2D eigenvalue weighted by Crippen LogP contribution is -2.01. The Labute approximate surface area is 80.2 Å². The van der Waals surface area contributed by atoms with Gasteiger partial charge < -0.3 is 0 Å². The van der Waals surface area contributed by atoms with Gasteiger partial charge in [0.05, 0.1) is 6.20 Å². The number of imidazole rings is 1. The van der Waals surface area contributed by atoms with Crippen LogP contribution in [0.4, 0.5) is 4.39 Å². The molecule has 0 saturated heterocycles. The van der Waals surface area contributed by atoms with E-state index < -0.39 is 0 Å². The largest absolute Gasteiger partial charge is 0.294 e. The second-order valence-electron chi connectivity index (χ2n) is 3.00. The number of Topliss-reactive ketones (excluding diaryl/α,β-unsaturated/α-hetero) is 1. The molecule has 0 N–H and O–H groups in total. The molecule has 0 radical (unpaired) electrons. The summed E-state index contributed by atoms with van der Waals surface area (Å²) in [6, 6.07) is 2.87. The highest BCUT2D eigenvalue weighted by molar-refractivity contribution is 5.94. The summed E-state index contributed by atoms with van der Waals surface area (Å²) < 4.78 is 14.4. The molecule has 0 aliphatic heterocycles. The first-order chi connectivity index (χ1) is 6.72. The Kier molecular flexibility index (Phi) is 2.04. The van der Waals surface area contributed by atoms with Crippen molar-refractivity contribution in [3.8, 4) is 0 Å². The van der Waals surface area contributed by atoms with Gasteiger partial charge in [0.15, 0.2) is 5.78 Å². The van der Waals surface area contributed by atoms with Crippen LogP contribution in [0.3, 0.4) is 0 Å². The predicted molar refractivity (Wildman–Crippen MR) is 49.8 cm³/mol. The normalized spacial score (nSPS) is 10.7. The predicted octanol–water partition coefficient (Wildman–Crippen LogP) is 2.07. The van der Waals surface area contributed by atoms with E-state index in [0.29, 0.717) is 17.8 Å². The van der Waals surface area contributed by atoms with Crippen molar-refractivity contribution in [1.82, 2.24) is 9.38 Å². The summed E-state index contributed by atoms with van der Waals surface area (Å²) in [5, 5.41) is 0. The van der Waals surface area contributed by atoms with Gasteiger partial charge in [-0.1, -0.05) is 6.92 Å². The fourth-order valence-electron chi connectivity index (χ4n) is 1.34. The fourth-order valence-corrected chi connectivity index (χ4v) is 1.34. The topological polar surface area (TPSA) is 34.4 Å². The van der Waals surface area contributed by atoms with Crippen LogP contribution in [0.25, 0.3) is 5.65 Å². The summed E-state index contributed by atoms with van der Waals surface area (Å²) in [5.74, 6) is -0.413. The number of nitrogens with zero attached hydrogens (tertiary/aromatic N) is 2. The molecule has 3 nitrogen and oxygen atoms in total. The Morgan fingerprint density at radius 3 is 3.07 bits per heavy atom. The van der Waals surface area contributed by atoms with E-state index in [1.165, 1.54) is 22.9 Å². The van der Waals surface area contributed by atoms with Crippen molar-refractivity contribution in [2.75, 3.05) is 0 Å². The first-order valence-corrected chi connectivity index (χ1v) is 4.38. The van der Waals surface area contributed by atoms with E-state index in [4.69, 9.17) is 0 Å². The smallest absolute Gasteiger partial charge is 0.180 e. The van der Waals surface area contributed by atoms with Crippen LogP contribution in [0.2, 0.25) is 0 Å². The van der Waals surface area contributed by atoms with Gasteiger partial charge in [0.2, 0.25) is 0 Å². The number of aromatic nitrogens is 2. The maximum absolute atomic E-state index is 12.9. The molecule has 0 unspecified atom stereocenters. The van der Waals surface area contributed by atoms with Crippen molar-refractivity contribution in [2.45, 2.75) is 13.3 Å². The molecule has 2 heterocycles. The van der Waals surface area contributed by atoms with Crippen molar-refractivity contribution in [1.29, 1.82) is 0 Å². The highest BCUT2D eigenvalue weighted by Crippen LogP contribution is 2.09. The molecule has 0 aliphatic rings.